The number of hydrogen-bond donors (Lipinski definition) is 1. The van der Waals surface area contributed by atoms with Crippen LogP contribution in [0.25, 0.3) is 11.1 Å². The van der Waals surface area contributed by atoms with Crippen molar-refractivity contribution < 1.29 is 9.21 Å². The van der Waals surface area contributed by atoms with Gasteiger partial charge < -0.3 is 9.73 Å². The Morgan fingerprint density at radius 3 is 2.46 bits per heavy atom. The van der Waals surface area contributed by atoms with E-state index in [0.717, 1.165) is 16.8 Å². The average Bonchev–Trinajstić information content (AvgIpc) is 3.10. The van der Waals surface area contributed by atoms with Crippen LogP contribution in [-0.2, 0) is 6.42 Å². The molecule has 0 aliphatic heterocycles. The Morgan fingerprint density at radius 2 is 1.75 bits per heavy atom. The maximum Gasteiger partial charge on any atom is 0.255 e. The smallest absolute Gasteiger partial charge is 0.255 e. The zero-order valence-electron chi connectivity index (χ0n) is 16.0. The van der Waals surface area contributed by atoms with E-state index < -0.39 is 0 Å². The van der Waals surface area contributed by atoms with E-state index in [9.17, 15) is 4.79 Å². The summed E-state index contributed by atoms with van der Waals surface area (Å²) in [5.74, 6) is 0.937. The van der Waals surface area contributed by atoms with Gasteiger partial charge in [0.05, 0.1) is 0 Å². The third-order valence-corrected chi connectivity index (χ3v) is 4.73. The molecule has 3 aromatic carbocycles. The van der Waals surface area contributed by atoms with Crippen molar-refractivity contribution in [1.82, 2.24) is 4.98 Å². The minimum Gasteiger partial charge on any atom is -0.440 e. The third-order valence-electron chi connectivity index (χ3n) is 4.73. The molecule has 0 saturated carbocycles. The first-order valence-corrected chi connectivity index (χ1v) is 9.43. The molecule has 1 amide bonds. The molecule has 0 fully saturated rings. The zero-order valence-corrected chi connectivity index (χ0v) is 16.0. The van der Waals surface area contributed by atoms with Crippen molar-refractivity contribution in [3.8, 4) is 0 Å². The van der Waals surface area contributed by atoms with Gasteiger partial charge in [0, 0.05) is 17.7 Å². The average molecular weight is 370 g/mol. The lowest BCUT2D eigenvalue weighted by atomic mass is 10.0. The SMILES string of the molecule is CC(C)c1ccc(NC(=O)c2ccc3nc(Cc4ccccc4)oc3c2)cc1. The van der Waals surface area contributed by atoms with Gasteiger partial charge in [-0.15, -0.1) is 0 Å². The standard InChI is InChI=1S/C24H22N2O2/c1-16(2)18-8-11-20(12-9-18)25-24(27)19-10-13-21-22(15-19)28-23(26-21)14-17-6-4-3-5-7-17/h3-13,15-16H,14H2,1-2H3,(H,25,27). The Balaban J connectivity index is 1.51. The molecule has 0 atom stereocenters. The first-order chi connectivity index (χ1) is 13.6. The number of carbonyl (C=O) groups excluding carboxylic acids is 1. The summed E-state index contributed by atoms with van der Waals surface area (Å²) < 4.78 is 5.86. The summed E-state index contributed by atoms with van der Waals surface area (Å²) in [7, 11) is 0. The number of amides is 1. The van der Waals surface area contributed by atoms with E-state index in [2.05, 4.69) is 24.1 Å². The normalized spacial score (nSPS) is 11.1. The van der Waals surface area contributed by atoms with Gasteiger partial charge in [-0.3, -0.25) is 4.79 Å². The second kappa shape index (κ2) is 7.69. The third kappa shape index (κ3) is 3.96. The Bertz CT molecular complexity index is 1100. The monoisotopic (exact) mass is 370 g/mol. The van der Waals surface area contributed by atoms with Gasteiger partial charge in [0.25, 0.3) is 5.91 Å². The molecule has 4 nitrogen and oxygen atoms in total. The maximum atomic E-state index is 12.6. The van der Waals surface area contributed by atoms with Gasteiger partial charge in [-0.25, -0.2) is 4.98 Å². The number of aromatic nitrogens is 1. The van der Waals surface area contributed by atoms with Gasteiger partial charge in [-0.1, -0.05) is 56.3 Å². The fraction of sp³-hybridized carbons (Fsp3) is 0.167. The van der Waals surface area contributed by atoms with E-state index in [1.54, 1.807) is 12.1 Å². The molecule has 0 saturated heterocycles. The minimum atomic E-state index is -0.166. The number of anilines is 1. The van der Waals surface area contributed by atoms with Crippen molar-refractivity contribution >= 4 is 22.7 Å². The second-order valence-electron chi connectivity index (χ2n) is 7.18. The molecule has 1 N–H and O–H groups in total. The van der Waals surface area contributed by atoms with Crippen molar-refractivity contribution in [2.24, 2.45) is 0 Å². The molecular formula is C24H22N2O2. The van der Waals surface area contributed by atoms with Crippen LogP contribution in [0.2, 0.25) is 0 Å². The van der Waals surface area contributed by atoms with Crippen molar-refractivity contribution in [3.05, 3.63) is 95.4 Å². The predicted molar refractivity (Wildman–Crippen MR) is 112 cm³/mol. The molecule has 0 aliphatic carbocycles. The van der Waals surface area contributed by atoms with Gasteiger partial charge in [0.1, 0.15) is 5.52 Å². The van der Waals surface area contributed by atoms with Crippen LogP contribution in [-0.4, -0.2) is 10.9 Å². The molecule has 140 valence electrons. The number of hydrogen-bond acceptors (Lipinski definition) is 3. The summed E-state index contributed by atoms with van der Waals surface area (Å²) in [4.78, 5) is 17.1. The lowest BCUT2D eigenvalue weighted by Crippen LogP contribution is -2.11. The van der Waals surface area contributed by atoms with E-state index in [4.69, 9.17) is 4.42 Å². The van der Waals surface area contributed by atoms with Gasteiger partial charge in [-0.05, 0) is 47.4 Å². The molecule has 4 aromatic rings. The molecule has 1 aromatic heterocycles. The molecule has 0 aliphatic rings. The highest BCUT2D eigenvalue weighted by Gasteiger charge is 2.12. The molecule has 28 heavy (non-hydrogen) atoms. The zero-order chi connectivity index (χ0) is 19.5. The first kappa shape index (κ1) is 18.0. The quantitative estimate of drug-likeness (QED) is 0.483. The van der Waals surface area contributed by atoms with E-state index in [1.807, 2.05) is 60.7 Å². The summed E-state index contributed by atoms with van der Waals surface area (Å²) >= 11 is 0. The van der Waals surface area contributed by atoms with Crippen molar-refractivity contribution in [2.45, 2.75) is 26.2 Å². The molecule has 4 heteroatoms. The number of nitrogens with one attached hydrogen (secondary N) is 1. The van der Waals surface area contributed by atoms with E-state index in [-0.39, 0.29) is 5.91 Å². The highest BCUT2D eigenvalue weighted by Crippen LogP contribution is 2.21. The number of fused-ring (bicyclic) bond motifs is 1. The molecule has 0 spiro atoms. The summed E-state index contributed by atoms with van der Waals surface area (Å²) in [6, 6.07) is 23.3. The van der Waals surface area contributed by atoms with Gasteiger partial charge >= 0.3 is 0 Å². The second-order valence-corrected chi connectivity index (χ2v) is 7.18. The van der Waals surface area contributed by atoms with E-state index in [1.165, 1.54) is 5.56 Å². The fourth-order valence-electron chi connectivity index (χ4n) is 3.11. The number of benzene rings is 3. The van der Waals surface area contributed by atoms with E-state index >= 15 is 0 Å². The highest BCUT2D eigenvalue weighted by atomic mass is 16.3. The Morgan fingerprint density at radius 1 is 1.00 bits per heavy atom. The summed E-state index contributed by atoms with van der Waals surface area (Å²) in [6.45, 7) is 4.29. The lowest BCUT2D eigenvalue weighted by Gasteiger charge is -2.08. The van der Waals surface area contributed by atoms with Crippen LogP contribution in [0.1, 0.15) is 47.1 Å². The van der Waals surface area contributed by atoms with Gasteiger partial charge in [-0.2, -0.15) is 0 Å². The van der Waals surface area contributed by atoms with Crippen LogP contribution in [0, 0.1) is 0 Å². The van der Waals surface area contributed by atoms with Gasteiger partial charge in [0.2, 0.25) is 0 Å². The summed E-state index contributed by atoms with van der Waals surface area (Å²) in [5, 5.41) is 2.93. The van der Waals surface area contributed by atoms with E-state index in [0.29, 0.717) is 29.4 Å². The molecular weight excluding hydrogens is 348 g/mol. The first-order valence-electron chi connectivity index (χ1n) is 9.43. The number of oxazole rings is 1. The van der Waals surface area contributed by atoms with Crippen molar-refractivity contribution in [2.75, 3.05) is 5.32 Å². The highest BCUT2D eigenvalue weighted by molar-refractivity contribution is 6.05. The van der Waals surface area contributed by atoms with Crippen LogP contribution in [0.15, 0.2) is 77.2 Å². The summed E-state index contributed by atoms with van der Waals surface area (Å²) in [6.07, 6.45) is 0.624. The number of rotatable bonds is 5. The molecule has 0 bridgehead atoms. The van der Waals surface area contributed by atoms with Crippen molar-refractivity contribution in [3.63, 3.8) is 0 Å². The predicted octanol–water partition coefficient (Wildman–Crippen LogP) is 5.79. The molecule has 1 heterocycles. The van der Waals surface area contributed by atoms with Crippen molar-refractivity contribution in [1.29, 1.82) is 0 Å². The lowest BCUT2D eigenvalue weighted by molar-refractivity contribution is 0.102. The molecule has 0 radical (unpaired) electrons. The number of nitrogens with zero attached hydrogens (tertiary/aromatic N) is 1. The van der Waals surface area contributed by atoms with Crippen LogP contribution in [0.5, 0.6) is 0 Å². The maximum absolute atomic E-state index is 12.6. The van der Waals surface area contributed by atoms with Gasteiger partial charge in [0.15, 0.2) is 11.5 Å². The summed E-state index contributed by atoms with van der Waals surface area (Å²) in [5.41, 5.74) is 5.07. The van der Waals surface area contributed by atoms with Crippen LogP contribution >= 0.6 is 0 Å². The number of carbonyl (C=O) groups is 1. The van der Waals surface area contributed by atoms with Crippen LogP contribution in [0.3, 0.4) is 0 Å². The Labute approximate surface area is 164 Å². The minimum absolute atomic E-state index is 0.166. The fourth-order valence-corrected chi connectivity index (χ4v) is 3.11. The Kier molecular flexibility index (Phi) is 4.94. The Hall–Kier alpha value is -3.40. The molecule has 0 unspecified atom stereocenters. The molecule has 4 rings (SSSR count). The van der Waals surface area contributed by atoms with Crippen LogP contribution in [0.4, 0.5) is 5.69 Å². The van der Waals surface area contributed by atoms with Crippen LogP contribution < -0.4 is 5.32 Å². The largest absolute Gasteiger partial charge is 0.440 e. The topological polar surface area (TPSA) is 55.1 Å².